The van der Waals surface area contributed by atoms with Crippen molar-refractivity contribution in [2.24, 2.45) is 56.2 Å². The third-order valence-corrected chi connectivity index (χ3v) is 13.9. The number of aliphatic hydroxyl groups is 1. The highest BCUT2D eigenvalue weighted by Gasteiger charge is 2.70. The molecule has 10 atom stereocenters. The van der Waals surface area contributed by atoms with Gasteiger partial charge in [-0.15, -0.1) is 0 Å². The summed E-state index contributed by atoms with van der Waals surface area (Å²) in [7, 11) is 0. The summed E-state index contributed by atoms with van der Waals surface area (Å²) in [6.07, 6.45) is 15.1. The van der Waals surface area contributed by atoms with E-state index >= 15 is 0 Å². The predicted molar refractivity (Wildman–Crippen MR) is 131 cm³/mol. The van der Waals surface area contributed by atoms with Gasteiger partial charge in [0.05, 0.1) is 6.10 Å². The molecule has 1 heteroatoms. The van der Waals surface area contributed by atoms with Crippen LogP contribution in [0.15, 0.2) is 0 Å². The van der Waals surface area contributed by atoms with E-state index in [1.807, 2.05) is 0 Å². The van der Waals surface area contributed by atoms with Crippen molar-refractivity contribution in [2.45, 2.75) is 132 Å². The number of aliphatic hydroxyl groups excluding tert-OH is 1. The van der Waals surface area contributed by atoms with Crippen molar-refractivity contribution in [3.05, 3.63) is 0 Å². The second-order valence-corrected chi connectivity index (χ2v) is 15.5. The van der Waals surface area contributed by atoms with Crippen LogP contribution in [0.5, 0.6) is 0 Å². The number of rotatable bonds is 0. The molecule has 0 spiro atoms. The molecule has 5 aliphatic carbocycles. The molecule has 0 amide bonds. The minimum atomic E-state index is -0.0781. The lowest BCUT2D eigenvalue weighted by atomic mass is 9.30. The summed E-state index contributed by atoms with van der Waals surface area (Å²) < 4.78 is 0. The third-order valence-electron chi connectivity index (χ3n) is 13.9. The zero-order valence-corrected chi connectivity index (χ0v) is 22.1. The zero-order valence-electron chi connectivity index (χ0n) is 22.1. The second-order valence-electron chi connectivity index (χ2n) is 15.5. The first-order valence-corrected chi connectivity index (χ1v) is 13.9. The van der Waals surface area contributed by atoms with Gasteiger partial charge in [0.2, 0.25) is 0 Å². The van der Waals surface area contributed by atoms with Crippen molar-refractivity contribution >= 4 is 0 Å². The Hall–Kier alpha value is -0.0400. The summed E-state index contributed by atoms with van der Waals surface area (Å²) in [5.41, 5.74) is 2.88. The molecule has 0 aromatic heterocycles. The van der Waals surface area contributed by atoms with Crippen molar-refractivity contribution in [1.29, 1.82) is 0 Å². The SMILES string of the molecule is C[C@H]1C(O)CC[C@@H]2[C@]1(C)CC[C@H]1[C@@]2(C)CC[C@@]2(C)[C@@H]3CC(C)(C)CC[C@]3(C)CC[C@]12C. The predicted octanol–water partition coefficient (Wildman–Crippen LogP) is 8.25. The van der Waals surface area contributed by atoms with Gasteiger partial charge in [-0.1, -0.05) is 55.4 Å². The van der Waals surface area contributed by atoms with Crippen LogP contribution in [0, 0.1) is 56.2 Å². The molecule has 1 N–H and O–H groups in total. The highest BCUT2D eigenvalue weighted by atomic mass is 16.3. The van der Waals surface area contributed by atoms with E-state index in [-0.39, 0.29) is 6.10 Å². The van der Waals surface area contributed by atoms with E-state index in [1.165, 1.54) is 64.2 Å². The van der Waals surface area contributed by atoms with Gasteiger partial charge in [-0.3, -0.25) is 0 Å². The van der Waals surface area contributed by atoms with Crippen molar-refractivity contribution in [3.63, 3.8) is 0 Å². The molecule has 1 unspecified atom stereocenters. The first-order chi connectivity index (χ1) is 14.2. The van der Waals surface area contributed by atoms with E-state index < -0.39 is 0 Å². The Morgan fingerprint density at radius 2 is 1.19 bits per heavy atom. The van der Waals surface area contributed by atoms with Gasteiger partial charge in [0.1, 0.15) is 0 Å². The lowest BCUT2D eigenvalue weighted by Gasteiger charge is -2.75. The highest BCUT2D eigenvalue weighted by molar-refractivity contribution is 5.19. The smallest absolute Gasteiger partial charge is 0.0571 e. The quantitative estimate of drug-likeness (QED) is 0.412. The maximum Gasteiger partial charge on any atom is 0.0571 e. The van der Waals surface area contributed by atoms with Gasteiger partial charge >= 0.3 is 0 Å². The molecular formula is C30H52O. The fourth-order valence-corrected chi connectivity index (χ4v) is 11.4. The molecule has 0 aromatic rings. The van der Waals surface area contributed by atoms with E-state index in [0.29, 0.717) is 38.4 Å². The van der Waals surface area contributed by atoms with Crippen molar-refractivity contribution in [3.8, 4) is 0 Å². The number of hydrogen-bond acceptors (Lipinski definition) is 1. The molecule has 0 heterocycles. The van der Waals surface area contributed by atoms with E-state index in [2.05, 4.69) is 55.4 Å². The van der Waals surface area contributed by atoms with E-state index in [9.17, 15) is 5.11 Å². The van der Waals surface area contributed by atoms with Gasteiger partial charge in [-0.05, 0) is 127 Å². The van der Waals surface area contributed by atoms with E-state index in [0.717, 1.165) is 24.2 Å². The molecule has 5 saturated carbocycles. The van der Waals surface area contributed by atoms with Gasteiger partial charge in [-0.2, -0.15) is 0 Å². The van der Waals surface area contributed by atoms with Crippen LogP contribution in [-0.4, -0.2) is 11.2 Å². The molecule has 5 aliphatic rings. The maximum absolute atomic E-state index is 10.7. The Bertz CT molecular complexity index is 741. The summed E-state index contributed by atoms with van der Waals surface area (Å²) in [5.74, 6) is 3.02. The lowest BCUT2D eigenvalue weighted by molar-refractivity contribution is -0.263. The molecule has 5 fully saturated rings. The van der Waals surface area contributed by atoms with E-state index in [1.54, 1.807) is 0 Å². The Balaban J connectivity index is 1.54. The Labute approximate surface area is 193 Å². The molecule has 5 rings (SSSR count). The largest absolute Gasteiger partial charge is 0.393 e. The van der Waals surface area contributed by atoms with Crippen molar-refractivity contribution < 1.29 is 5.11 Å². The zero-order chi connectivity index (χ0) is 22.7. The maximum atomic E-state index is 10.7. The summed E-state index contributed by atoms with van der Waals surface area (Å²) in [6.45, 7) is 20.9. The minimum Gasteiger partial charge on any atom is -0.393 e. The van der Waals surface area contributed by atoms with Crippen LogP contribution in [0.4, 0.5) is 0 Å². The van der Waals surface area contributed by atoms with Gasteiger partial charge in [0.15, 0.2) is 0 Å². The number of hydrogen-bond donors (Lipinski definition) is 1. The number of fused-ring (bicyclic) bond motifs is 7. The van der Waals surface area contributed by atoms with Crippen LogP contribution in [0.1, 0.15) is 126 Å². The van der Waals surface area contributed by atoms with Gasteiger partial charge < -0.3 is 5.11 Å². The van der Waals surface area contributed by atoms with Crippen molar-refractivity contribution in [1.82, 2.24) is 0 Å². The Morgan fingerprint density at radius 3 is 1.90 bits per heavy atom. The first kappa shape index (κ1) is 22.7. The van der Waals surface area contributed by atoms with Gasteiger partial charge in [0.25, 0.3) is 0 Å². The molecule has 31 heavy (non-hydrogen) atoms. The lowest BCUT2D eigenvalue weighted by Crippen LogP contribution is -2.67. The monoisotopic (exact) mass is 428 g/mol. The molecule has 1 nitrogen and oxygen atoms in total. The summed E-state index contributed by atoms with van der Waals surface area (Å²) >= 11 is 0. The van der Waals surface area contributed by atoms with Crippen LogP contribution < -0.4 is 0 Å². The topological polar surface area (TPSA) is 20.2 Å². The Kier molecular flexibility index (Phi) is 4.80. The molecule has 0 aliphatic heterocycles. The van der Waals surface area contributed by atoms with Gasteiger partial charge in [0, 0.05) is 0 Å². The highest BCUT2D eigenvalue weighted by Crippen LogP contribution is 2.78. The molecule has 0 radical (unpaired) electrons. The van der Waals surface area contributed by atoms with Crippen LogP contribution in [-0.2, 0) is 0 Å². The summed E-state index contributed by atoms with van der Waals surface area (Å²) in [4.78, 5) is 0. The average Bonchev–Trinajstić information content (AvgIpc) is 2.69. The standard InChI is InChI=1S/C30H52O/c1-20-21(31)9-10-22-27(20,5)12-11-23-28(22,6)16-18-30(8)24-19-25(2,3)13-14-26(24,4)15-17-29(23,30)7/h20-24,31H,9-19H2,1-8H3/t20-,21?,22+,23-,24+,26+,27+,28-,29+,30-/m0/s1. The molecule has 178 valence electrons. The van der Waals surface area contributed by atoms with Crippen LogP contribution in [0.2, 0.25) is 0 Å². The Morgan fingerprint density at radius 1 is 0.581 bits per heavy atom. The summed E-state index contributed by atoms with van der Waals surface area (Å²) in [5, 5.41) is 10.7. The fourth-order valence-electron chi connectivity index (χ4n) is 11.4. The van der Waals surface area contributed by atoms with Gasteiger partial charge in [-0.25, -0.2) is 0 Å². The molecule has 0 bridgehead atoms. The normalized spacial score (nSPS) is 60.9. The minimum absolute atomic E-state index is 0.0781. The average molecular weight is 429 g/mol. The third kappa shape index (κ3) is 2.77. The van der Waals surface area contributed by atoms with Crippen molar-refractivity contribution in [2.75, 3.05) is 0 Å². The molecule has 0 saturated heterocycles. The van der Waals surface area contributed by atoms with Crippen LogP contribution >= 0.6 is 0 Å². The van der Waals surface area contributed by atoms with Crippen LogP contribution in [0.3, 0.4) is 0 Å². The molecular weight excluding hydrogens is 376 g/mol. The summed E-state index contributed by atoms with van der Waals surface area (Å²) in [6, 6.07) is 0. The van der Waals surface area contributed by atoms with Crippen LogP contribution in [0.25, 0.3) is 0 Å². The second kappa shape index (κ2) is 6.55. The first-order valence-electron chi connectivity index (χ1n) is 13.9. The molecule has 0 aromatic carbocycles. The van der Waals surface area contributed by atoms with E-state index in [4.69, 9.17) is 0 Å². The fraction of sp³-hybridized carbons (Fsp3) is 1.00.